The van der Waals surface area contributed by atoms with Crippen molar-refractivity contribution in [2.24, 2.45) is 11.7 Å². The number of rotatable bonds is 5. The van der Waals surface area contributed by atoms with Gasteiger partial charge in [0.25, 0.3) is 0 Å². The highest BCUT2D eigenvalue weighted by atomic mass is 16.2. The number of amides is 1. The van der Waals surface area contributed by atoms with E-state index in [0.29, 0.717) is 18.9 Å². The number of hydrogen-bond donors (Lipinski definition) is 1. The highest BCUT2D eigenvalue weighted by Crippen LogP contribution is 2.14. The summed E-state index contributed by atoms with van der Waals surface area (Å²) < 4.78 is 0. The summed E-state index contributed by atoms with van der Waals surface area (Å²) in [5, 5.41) is 0. The first-order valence-corrected chi connectivity index (χ1v) is 6.03. The summed E-state index contributed by atoms with van der Waals surface area (Å²) in [6, 6.07) is 3.22. The maximum atomic E-state index is 12.2. The Morgan fingerprint density at radius 3 is 2.47 bits per heavy atom. The summed E-state index contributed by atoms with van der Waals surface area (Å²) in [6.07, 6.45) is 4.07. The number of carbonyl (C=O) groups excluding carboxylic acids is 1. The second-order valence-electron chi connectivity index (χ2n) is 4.52. The van der Waals surface area contributed by atoms with Crippen LogP contribution in [0.4, 0.5) is 5.69 Å². The minimum atomic E-state index is -0.428. The molecule has 1 aromatic rings. The summed E-state index contributed by atoms with van der Waals surface area (Å²) in [7, 11) is 0. The summed E-state index contributed by atoms with van der Waals surface area (Å²) >= 11 is 0. The largest absolute Gasteiger partial charge is 0.320 e. The van der Waals surface area contributed by atoms with Gasteiger partial charge in [0.2, 0.25) is 5.91 Å². The highest BCUT2D eigenvalue weighted by molar-refractivity contribution is 5.96. The molecule has 0 saturated carbocycles. The van der Waals surface area contributed by atoms with Crippen LogP contribution in [0.1, 0.15) is 27.2 Å². The third-order valence-electron chi connectivity index (χ3n) is 2.60. The number of likely N-dealkylation sites (N-methyl/N-ethyl adjacent to an activating group) is 1. The first-order valence-electron chi connectivity index (χ1n) is 6.03. The van der Waals surface area contributed by atoms with E-state index in [1.165, 1.54) is 0 Å². The molecule has 0 unspecified atom stereocenters. The van der Waals surface area contributed by atoms with Crippen LogP contribution in [0, 0.1) is 5.92 Å². The zero-order chi connectivity index (χ0) is 12.8. The van der Waals surface area contributed by atoms with Crippen molar-refractivity contribution in [3.8, 4) is 0 Å². The van der Waals surface area contributed by atoms with Crippen molar-refractivity contribution in [2.45, 2.75) is 33.2 Å². The predicted octanol–water partition coefficient (Wildman–Crippen LogP) is 1.81. The molecule has 1 atom stereocenters. The Balaban J connectivity index is 2.78. The average Bonchev–Trinajstić information content (AvgIpc) is 2.30. The van der Waals surface area contributed by atoms with E-state index in [0.717, 1.165) is 5.69 Å². The zero-order valence-electron chi connectivity index (χ0n) is 10.8. The molecule has 17 heavy (non-hydrogen) atoms. The fourth-order valence-corrected chi connectivity index (χ4v) is 1.80. The first-order chi connectivity index (χ1) is 8.06. The zero-order valence-corrected chi connectivity index (χ0v) is 10.8. The van der Waals surface area contributed by atoms with Gasteiger partial charge < -0.3 is 10.6 Å². The third-order valence-corrected chi connectivity index (χ3v) is 2.60. The minimum absolute atomic E-state index is 0.0209. The van der Waals surface area contributed by atoms with E-state index in [-0.39, 0.29) is 5.91 Å². The molecule has 2 N–H and O–H groups in total. The Morgan fingerprint density at radius 2 is 2.00 bits per heavy atom. The first kappa shape index (κ1) is 13.6. The van der Waals surface area contributed by atoms with E-state index >= 15 is 0 Å². The van der Waals surface area contributed by atoms with Crippen LogP contribution in [-0.4, -0.2) is 23.5 Å². The molecule has 4 heteroatoms. The molecule has 0 radical (unpaired) electrons. The van der Waals surface area contributed by atoms with Crippen molar-refractivity contribution in [1.82, 2.24) is 4.98 Å². The van der Waals surface area contributed by atoms with Crippen LogP contribution in [0.25, 0.3) is 0 Å². The van der Waals surface area contributed by atoms with E-state index in [4.69, 9.17) is 5.73 Å². The summed E-state index contributed by atoms with van der Waals surface area (Å²) in [5.41, 5.74) is 6.78. The Morgan fingerprint density at radius 1 is 1.41 bits per heavy atom. The second kappa shape index (κ2) is 6.35. The van der Waals surface area contributed by atoms with Gasteiger partial charge in [-0.05, 0) is 31.4 Å². The van der Waals surface area contributed by atoms with Gasteiger partial charge in [0.15, 0.2) is 0 Å². The van der Waals surface area contributed by atoms with Gasteiger partial charge in [0.05, 0.1) is 6.04 Å². The number of carbonyl (C=O) groups is 1. The maximum Gasteiger partial charge on any atom is 0.243 e. The van der Waals surface area contributed by atoms with E-state index < -0.39 is 6.04 Å². The van der Waals surface area contributed by atoms with Crippen molar-refractivity contribution in [3.05, 3.63) is 24.5 Å². The molecule has 1 aromatic heterocycles. The smallest absolute Gasteiger partial charge is 0.243 e. The maximum absolute atomic E-state index is 12.2. The fourth-order valence-electron chi connectivity index (χ4n) is 1.80. The second-order valence-corrected chi connectivity index (χ2v) is 4.52. The predicted molar refractivity (Wildman–Crippen MR) is 69.7 cm³/mol. The van der Waals surface area contributed by atoms with Crippen LogP contribution in [-0.2, 0) is 4.79 Å². The molecular weight excluding hydrogens is 214 g/mol. The van der Waals surface area contributed by atoms with Crippen LogP contribution in [0.15, 0.2) is 24.5 Å². The van der Waals surface area contributed by atoms with Gasteiger partial charge >= 0.3 is 0 Å². The standard InChI is InChI=1S/C13H21N3O/c1-4-16(11-5-7-15-8-6-11)13(17)12(14)9-10(2)3/h5-8,10,12H,4,9,14H2,1-3H3/t12-/m0/s1. The van der Waals surface area contributed by atoms with E-state index in [1.54, 1.807) is 17.3 Å². The molecule has 0 aliphatic heterocycles. The molecule has 1 heterocycles. The molecule has 4 nitrogen and oxygen atoms in total. The fraction of sp³-hybridized carbons (Fsp3) is 0.538. The Labute approximate surface area is 103 Å². The summed E-state index contributed by atoms with van der Waals surface area (Å²) in [5.74, 6) is 0.400. The molecule has 1 rings (SSSR count). The molecule has 0 fully saturated rings. The van der Waals surface area contributed by atoms with Gasteiger partial charge in [0.1, 0.15) is 0 Å². The van der Waals surface area contributed by atoms with Crippen LogP contribution >= 0.6 is 0 Å². The number of hydrogen-bond acceptors (Lipinski definition) is 3. The van der Waals surface area contributed by atoms with Crippen molar-refractivity contribution in [1.29, 1.82) is 0 Å². The van der Waals surface area contributed by atoms with Gasteiger partial charge in [-0.25, -0.2) is 0 Å². The molecule has 0 spiro atoms. The number of pyridine rings is 1. The minimum Gasteiger partial charge on any atom is -0.320 e. The normalized spacial score (nSPS) is 12.5. The van der Waals surface area contributed by atoms with Crippen LogP contribution < -0.4 is 10.6 Å². The van der Waals surface area contributed by atoms with Gasteiger partial charge in [-0.2, -0.15) is 0 Å². The van der Waals surface area contributed by atoms with Crippen molar-refractivity contribution in [3.63, 3.8) is 0 Å². The lowest BCUT2D eigenvalue weighted by Gasteiger charge is -2.25. The summed E-state index contributed by atoms with van der Waals surface area (Å²) in [6.45, 7) is 6.70. The SMILES string of the molecule is CCN(C(=O)[C@@H](N)CC(C)C)c1ccncc1. The van der Waals surface area contributed by atoms with Gasteiger partial charge in [-0.1, -0.05) is 13.8 Å². The van der Waals surface area contributed by atoms with Crippen LogP contribution in [0.2, 0.25) is 0 Å². The molecule has 1 amide bonds. The van der Waals surface area contributed by atoms with Gasteiger partial charge in [0, 0.05) is 24.6 Å². The number of nitrogens with zero attached hydrogens (tertiary/aromatic N) is 2. The quantitative estimate of drug-likeness (QED) is 0.846. The molecule has 0 saturated heterocycles. The Hall–Kier alpha value is -1.42. The van der Waals surface area contributed by atoms with Gasteiger partial charge in [-0.15, -0.1) is 0 Å². The van der Waals surface area contributed by atoms with Gasteiger partial charge in [-0.3, -0.25) is 9.78 Å². The third kappa shape index (κ3) is 3.82. The van der Waals surface area contributed by atoms with Crippen LogP contribution in [0.5, 0.6) is 0 Å². The molecule has 0 bridgehead atoms. The highest BCUT2D eigenvalue weighted by Gasteiger charge is 2.21. The number of nitrogens with two attached hydrogens (primary N) is 1. The van der Waals surface area contributed by atoms with E-state index in [2.05, 4.69) is 18.8 Å². The summed E-state index contributed by atoms with van der Waals surface area (Å²) in [4.78, 5) is 17.8. The molecule has 0 aliphatic rings. The van der Waals surface area contributed by atoms with E-state index in [1.807, 2.05) is 19.1 Å². The van der Waals surface area contributed by atoms with Crippen molar-refractivity contribution >= 4 is 11.6 Å². The van der Waals surface area contributed by atoms with Crippen molar-refractivity contribution in [2.75, 3.05) is 11.4 Å². The Bertz CT molecular complexity index is 351. The van der Waals surface area contributed by atoms with Crippen LogP contribution in [0.3, 0.4) is 0 Å². The van der Waals surface area contributed by atoms with Crippen molar-refractivity contribution < 1.29 is 4.79 Å². The Kier molecular flexibility index (Phi) is 5.10. The lowest BCUT2D eigenvalue weighted by Crippen LogP contribution is -2.44. The molecule has 0 aliphatic carbocycles. The molecule has 94 valence electrons. The lowest BCUT2D eigenvalue weighted by atomic mass is 10.0. The number of anilines is 1. The van der Waals surface area contributed by atoms with E-state index in [9.17, 15) is 4.79 Å². The molecule has 0 aromatic carbocycles. The average molecular weight is 235 g/mol. The lowest BCUT2D eigenvalue weighted by molar-refractivity contribution is -0.120. The topological polar surface area (TPSA) is 59.2 Å². The monoisotopic (exact) mass is 235 g/mol. The number of aromatic nitrogens is 1. The molecular formula is C13H21N3O.